The smallest absolute Gasteiger partial charge is 0.279 e. The van der Waals surface area contributed by atoms with Crippen LogP contribution in [0.25, 0.3) is 10.2 Å². The molecule has 1 fully saturated rings. The molecular weight excluding hydrogens is 379 g/mol. The zero-order valence-corrected chi connectivity index (χ0v) is 16.0. The molecule has 2 heterocycles. The van der Waals surface area contributed by atoms with Crippen molar-refractivity contribution in [2.75, 3.05) is 38.0 Å². The lowest BCUT2D eigenvalue weighted by molar-refractivity contribution is -0.895. The first-order valence-electron chi connectivity index (χ1n) is 9.10. The lowest BCUT2D eigenvalue weighted by Crippen LogP contribution is -3.15. The van der Waals surface area contributed by atoms with E-state index in [0.717, 1.165) is 15.1 Å². The first kappa shape index (κ1) is 18.5. The summed E-state index contributed by atoms with van der Waals surface area (Å²) in [5, 5.41) is 2.72. The molecule has 0 bridgehead atoms. The molecule has 0 saturated carbocycles. The fraction of sp³-hybridized carbons (Fsp3) is 0.250. The fourth-order valence-electron chi connectivity index (χ4n) is 3.37. The van der Waals surface area contributed by atoms with Gasteiger partial charge in [-0.3, -0.25) is 9.59 Å². The Hall–Kier alpha value is -2.84. The van der Waals surface area contributed by atoms with Crippen LogP contribution in [-0.4, -0.2) is 54.4 Å². The number of aromatic nitrogens is 1. The van der Waals surface area contributed by atoms with Crippen LogP contribution in [0.4, 0.5) is 10.1 Å². The Morgan fingerprint density at radius 1 is 1.18 bits per heavy atom. The number of rotatable bonds is 4. The van der Waals surface area contributed by atoms with E-state index < -0.39 is 0 Å². The van der Waals surface area contributed by atoms with Crippen LogP contribution in [0.5, 0.6) is 0 Å². The highest BCUT2D eigenvalue weighted by Gasteiger charge is 2.26. The minimum atomic E-state index is -0.381. The molecule has 6 nitrogen and oxygen atoms in total. The third-order valence-electron chi connectivity index (χ3n) is 4.85. The largest absolute Gasteiger partial charge is 0.327 e. The van der Waals surface area contributed by atoms with E-state index in [1.165, 1.54) is 23.5 Å². The third kappa shape index (κ3) is 4.18. The van der Waals surface area contributed by atoms with Crippen LogP contribution in [0.3, 0.4) is 0 Å². The molecular formula is C20H20FN4O2S+. The fourth-order valence-corrected chi connectivity index (χ4v) is 4.09. The Morgan fingerprint density at radius 3 is 2.79 bits per heavy atom. The summed E-state index contributed by atoms with van der Waals surface area (Å²) in [6.07, 6.45) is 0. The van der Waals surface area contributed by atoms with E-state index in [9.17, 15) is 14.0 Å². The predicted molar refractivity (Wildman–Crippen MR) is 106 cm³/mol. The van der Waals surface area contributed by atoms with Crippen molar-refractivity contribution in [1.29, 1.82) is 0 Å². The number of quaternary nitrogens is 1. The zero-order chi connectivity index (χ0) is 19.5. The molecule has 4 rings (SSSR count). The van der Waals surface area contributed by atoms with Gasteiger partial charge < -0.3 is 15.1 Å². The Morgan fingerprint density at radius 2 is 2.00 bits per heavy atom. The quantitative estimate of drug-likeness (QED) is 0.697. The van der Waals surface area contributed by atoms with E-state index in [-0.39, 0.29) is 17.6 Å². The second-order valence-corrected chi connectivity index (χ2v) is 7.70. The number of nitrogens with one attached hydrogen (secondary N) is 2. The first-order valence-corrected chi connectivity index (χ1v) is 9.98. The summed E-state index contributed by atoms with van der Waals surface area (Å²) in [6, 6.07) is 11.4. The maximum absolute atomic E-state index is 13.2. The second kappa shape index (κ2) is 8.04. The van der Waals surface area contributed by atoms with E-state index in [2.05, 4.69) is 10.3 Å². The van der Waals surface area contributed by atoms with Gasteiger partial charge in [-0.05, 0) is 36.4 Å². The molecule has 2 aromatic carbocycles. The van der Waals surface area contributed by atoms with Crippen molar-refractivity contribution < 1.29 is 18.9 Å². The number of carbonyl (C=O) groups excluding carboxylic acids is 2. The van der Waals surface area contributed by atoms with Gasteiger partial charge in [-0.15, -0.1) is 11.3 Å². The number of thiazole rings is 1. The number of nitrogens with zero attached hydrogens (tertiary/aromatic N) is 2. The monoisotopic (exact) mass is 399 g/mol. The van der Waals surface area contributed by atoms with E-state index in [1.807, 2.05) is 23.1 Å². The normalized spacial score (nSPS) is 15.0. The van der Waals surface area contributed by atoms with E-state index in [0.29, 0.717) is 44.0 Å². The number of amides is 2. The topological polar surface area (TPSA) is 66.7 Å². The minimum Gasteiger partial charge on any atom is -0.327 e. The molecule has 3 aromatic rings. The molecule has 1 aliphatic heterocycles. The van der Waals surface area contributed by atoms with Crippen molar-refractivity contribution in [2.45, 2.75) is 0 Å². The zero-order valence-electron chi connectivity index (χ0n) is 15.2. The van der Waals surface area contributed by atoms with Crippen molar-refractivity contribution in [3.05, 3.63) is 59.4 Å². The molecule has 8 heteroatoms. The Kier molecular flexibility index (Phi) is 5.31. The standard InChI is InChI=1S/C20H19FN4O2S/c21-15-2-1-3-16(11-15)23-19(26)12-24-6-8-25(9-7-24)20(27)14-4-5-17-18(10-14)28-13-22-17/h1-5,10-11,13H,6-9,12H2,(H,23,26)/p+1. The molecule has 2 amide bonds. The number of anilines is 1. The van der Waals surface area contributed by atoms with Gasteiger partial charge in [0.25, 0.3) is 11.8 Å². The van der Waals surface area contributed by atoms with Gasteiger partial charge in [0.05, 0.1) is 41.9 Å². The van der Waals surface area contributed by atoms with Gasteiger partial charge in [0.1, 0.15) is 5.82 Å². The maximum atomic E-state index is 13.2. The highest BCUT2D eigenvalue weighted by atomic mass is 32.1. The van der Waals surface area contributed by atoms with Crippen molar-refractivity contribution >= 4 is 39.1 Å². The number of halogens is 1. The summed E-state index contributed by atoms with van der Waals surface area (Å²) < 4.78 is 14.2. The number of carbonyl (C=O) groups is 2. The van der Waals surface area contributed by atoms with Crippen LogP contribution in [-0.2, 0) is 4.79 Å². The molecule has 1 aliphatic rings. The van der Waals surface area contributed by atoms with Crippen molar-refractivity contribution in [3.8, 4) is 0 Å². The molecule has 1 saturated heterocycles. The molecule has 0 spiro atoms. The summed E-state index contributed by atoms with van der Waals surface area (Å²) in [6.45, 7) is 2.89. The van der Waals surface area contributed by atoms with Gasteiger partial charge in [-0.25, -0.2) is 9.37 Å². The summed E-state index contributed by atoms with van der Waals surface area (Å²) in [7, 11) is 0. The van der Waals surface area contributed by atoms with Gasteiger partial charge in [-0.2, -0.15) is 0 Å². The van der Waals surface area contributed by atoms with Gasteiger partial charge in [0, 0.05) is 11.3 Å². The molecule has 0 unspecified atom stereocenters. The number of hydrogen-bond acceptors (Lipinski definition) is 4. The summed E-state index contributed by atoms with van der Waals surface area (Å²) in [4.78, 5) is 32.1. The maximum Gasteiger partial charge on any atom is 0.279 e. The summed E-state index contributed by atoms with van der Waals surface area (Å²) in [5.74, 6) is -0.525. The number of hydrogen-bond donors (Lipinski definition) is 2. The number of benzene rings is 2. The van der Waals surface area contributed by atoms with Crippen LogP contribution in [0.2, 0.25) is 0 Å². The average Bonchev–Trinajstić information content (AvgIpc) is 3.16. The lowest BCUT2D eigenvalue weighted by atomic mass is 10.1. The van der Waals surface area contributed by atoms with Gasteiger partial charge in [-0.1, -0.05) is 6.07 Å². The van der Waals surface area contributed by atoms with Crippen molar-refractivity contribution in [1.82, 2.24) is 9.88 Å². The van der Waals surface area contributed by atoms with Gasteiger partial charge >= 0.3 is 0 Å². The third-order valence-corrected chi connectivity index (χ3v) is 5.65. The first-order chi connectivity index (χ1) is 13.6. The SMILES string of the molecule is O=C(C[NH+]1CCN(C(=O)c2ccc3ncsc3c2)CC1)Nc1cccc(F)c1. The highest BCUT2D eigenvalue weighted by Crippen LogP contribution is 2.20. The molecule has 0 radical (unpaired) electrons. The van der Waals surface area contributed by atoms with Crippen molar-refractivity contribution in [2.24, 2.45) is 0 Å². The number of fused-ring (bicyclic) bond motifs is 1. The Labute approximate surface area is 165 Å². The van der Waals surface area contributed by atoms with E-state index in [4.69, 9.17) is 0 Å². The summed E-state index contributed by atoms with van der Waals surface area (Å²) >= 11 is 1.52. The highest BCUT2D eigenvalue weighted by molar-refractivity contribution is 7.16. The molecule has 1 aromatic heterocycles. The minimum absolute atomic E-state index is 0.0126. The Bertz CT molecular complexity index is 1010. The van der Waals surface area contributed by atoms with Crippen LogP contribution < -0.4 is 10.2 Å². The average molecular weight is 399 g/mol. The van der Waals surface area contributed by atoms with Gasteiger partial charge in [0.15, 0.2) is 6.54 Å². The Balaban J connectivity index is 1.30. The number of piperazine rings is 1. The van der Waals surface area contributed by atoms with Crippen LogP contribution in [0.1, 0.15) is 10.4 Å². The van der Waals surface area contributed by atoms with Crippen LogP contribution in [0, 0.1) is 5.82 Å². The molecule has 0 atom stereocenters. The molecule has 144 valence electrons. The summed E-state index contributed by atoms with van der Waals surface area (Å²) in [5.41, 5.74) is 3.80. The molecule has 2 N–H and O–H groups in total. The van der Waals surface area contributed by atoms with Crippen molar-refractivity contribution in [3.63, 3.8) is 0 Å². The molecule has 28 heavy (non-hydrogen) atoms. The predicted octanol–water partition coefficient (Wildman–Crippen LogP) is 1.41. The van der Waals surface area contributed by atoms with Gasteiger partial charge in [0.2, 0.25) is 0 Å². The van der Waals surface area contributed by atoms with Crippen LogP contribution >= 0.6 is 11.3 Å². The van der Waals surface area contributed by atoms with E-state index in [1.54, 1.807) is 17.6 Å². The van der Waals surface area contributed by atoms with E-state index >= 15 is 0 Å². The lowest BCUT2D eigenvalue weighted by Gasteiger charge is -2.32. The molecule has 0 aliphatic carbocycles. The van der Waals surface area contributed by atoms with Crippen LogP contribution in [0.15, 0.2) is 48.0 Å². The second-order valence-electron chi connectivity index (χ2n) is 6.81.